The van der Waals surface area contributed by atoms with Crippen molar-refractivity contribution in [3.05, 3.63) is 231 Å². The van der Waals surface area contributed by atoms with Gasteiger partial charge in [0, 0.05) is 32.8 Å². The van der Waals surface area contributed by atoms with E-state index in [-0.39, 0.29) is 0 Å². The molecule has 4 nitrogen and oxygen atoms in total. The van der Waals surface area contributed by atoms with E-state index in [1.807, 2.05) is 18.2 Å². The molecule has 0 radical (unpaired) electrons. The zero-order chi connectivity index (χ0) is 42.8. The molecule has 2 aromatic heterocycles. The number of fused-ring (bicyclic) bond motifs is 8. The van der Waals surface area contributed by atoms with E-state index in [0.29, 0.717) is 17.5 Å². The van der Waals surface area contributed by atoms with Gasteiger partial charge >= 0.3 is 0 Å². The summed E-state index contributed by atoms with van der Waals surface area (Å²) >= 11 is 0. The molecule has 0 fully saturated rings. The van der Waals surface area contributed by atoms with Gasteiger partial charge in [0.2, 0.25) is 0 Å². The number of benzene rings is 11. The molecule has 0 aliphatic rings. The number of hydrogen-bond acceptors (Lipinski definition) is 3. The second-order valence-electron chi connectivity index (χ2n) is 16.8. The second kappa shape index (κ2) is 15.0. The zero-order valence-electron chi connectivity index (χ0n) is 35.2. The van der Waals surface area contributed by atoms with Gasteiger partial charge in [-0.1, -0.05) is 182 Å². The third kappa shape index (κ3) is 6.26. The molecular weight excluding hydrogens is 789 g/mol. The van der Waals surface area contributed by atoms with Gasteiger partial charge in [0.05, 0.1) is 16.7 Å². The van der Waals surface area contributed by atoms with Crippen molar-refractivity contribution in [3.63, 3.8) is 0 Å². The minimum Gasteiger partial charge on any atom is -0.309 e. The quantitative estimate of drug-likeness (QED) is 0.168. The van der Waals surface area contributed by atoms with Crippen LogP contribution < -0.4 is 0 Å². The molecule has 2 heterocycles. The van der Waals surface area contributed by atoms with Crippen molar-refractivity contribution in [1.82, 2.24) is 19.5 Å². The van der Waals surface area contributed by atoms with Gasteiger partial charge in [0.15, 0.2) is 17.5 Å². The van der Waals surface area contributed by atoms with E-state index >= 15 is 0 Å². The van der Waals surface area contributed by atoms with Crippen molar-refractivity contribution in [2.24, 2.45) is 0 Å². The normalized spacial score (nSPS) is 11.7. The first-order valence-corrected chi connectivity index (χ1v) is 22.1. The molecule has 0 spiro atoms. The molecule has 0 amide bonds. The second-order valence-corrected chi connectivity index (χ2v) is 16.8. The fraction of sp³-hybridized carbons (Fsp3) is 0. The first-order chi connectivity index (χ1) is 32.2. The molecule has 0 unspecified atom stereocenters. The Bertz CT molecular complexity index is 4000. The Morgan fingerprint density at radius 2 is 0.831 bits per heavy atom. The maximum atomic E-state index is 5.34. The van der Waals surface area contributed by atoms with Crippen molar-refractivity contribution >= 4 is 64.9 Å². The average molecular weight is 827 g/mol. The van der Waals surface area contributed by atoms with Gasteiger partial charge < -0.3 is 4.57 Å². The molecule has 0 aliphatic heterocycles. The van der Waals surface area contributed by atoms with E-state index in [4.69, 9.17) is 15.0 Å². The monoisotopic (exact) mass is 826 g/mol. The zero-order valence-corrected chi connectivity index (χ0v) is 35.2. The molecule has 13 aromatic rings. The van der Waals surface area contributed by atoms with Crippen LogP contribution in [0.2, 0.25) is 0 Å². The van der Waals surface area contributed by atoms with Gasteiger partial charge in [0.25, 0.3) is 0 Å². The Morgan fingerprint density at radius 1 is 0.262 bits per heavy atom. The topological polar surface area (TPSA) is 43.6 Å². The fourth-order valence-corrected chi connectivity index (χ4v) is 9.81. The van der Waals surface area contributed by atoms with Crippen LogP contribution in [0.15, 0.2) is 231 Å². The highest BCUT2D eigenvalue weighted by molar-refractivity contribution is 6.24. The van der Waals surface area contributed by atoms with Gasteiger partial charge in [-0.3, -0.25) is 0 Å². The van der Waals surface area contributed by atoms with Crippen molar-refractivity contribution < 1.29 is 0 Å². The summed E-state index contributed by atoms with van der Waals surface area (Å²) in [5.41, 5.74) is 10.8. The lowest BCUT2D eigenvalue weighted by Gasteiger charge is -2.17. The van der Waals surface area contributed by atoms with E-state index in [2.05, 4.69) is 217 Å². The van der Waals surface area contributed by atoms with Gasteiger partial charge in [-0.15, -0.1) is 0 Å². The molecule has 0 atom stereocenters. The highest BCUT2D eigenvalue weighted by Gasteiger charge is 2.21. The van der Waals surface area contributed by atoms with Crippen LogP contribution in [0.1, 0.15) is 0 Å². The first kappa shape index (κ1) is 36.9. The Balaban J connectivity index is 1.10. The molecule has 11 aromatic carbocycles. The summed E-state index contributed by atoms with van der Waals surface area (Å²) in [6, 6.07) is 82.6. The Labute approximate surface area is 375 Å². The van der Waals surface area contributed by atoms with Crippen LogP contribution >= 0.6 is 0 Å². The Morgan fingerprint density at radius 3 is 1.62 bits per heavy atom. The van der Waals surface area contributed by atoms with Gasteiger partial charge in [0.1, 0.15) is 0 Å². The highest BCUT2D eigenvalue weighted by Crippen LogP contribution is 2.43. The van der Waals surface area contributed by atoms with Crippen LogP contribution in [0.4, 0.5) is 0 Å². The third-order valence-electron chi connectivity index (χ3n) is 13.0. The van der Waals surface area contributed by atoms with E-state index in [0.717, 1.165) is 60.7 Å². The predicted octanol–water partition coefficient (Wildman–Crippen LogP) is 15.9. The number of nitrogens with zero attached hydrogens (tertiary/aromatic N) is 4. The SMILES string of the molecule is c1ccc(-c2cccc(-c3ccc4c(-n5c6cc7ccccc7cc6c6c7ccccc7ccc65)ccc(-c5nc(-c6ccccc6)nc(-c6ccc7ccccc7c6)n5)c4c3)c2)cc1. The predicted molar refractivity (Wildman–Crippen MR) is 271 cm³/mol. The lowest BCUT2D eigenvalue weighted by Crippen LogP contribution is -2.02. The number of rotatable bonds is 6. The van der Waals surface area contributed by atoms with Gasteiger partial charge in [-0.05, 0) is 108 Å². The summed E-state index contributed by atoms with van der Waals surface area (Å²) in [5, 5.41) is 11.8. The largest absolute Gasteiger partial charge is 0.309 e. The summed E-state index contributed by atoms with van der Waals surface area (Å²) in [7, 11) is 0. The molecular formula is C61H38N4. The van der Waals surface area contributed by atoms with E-state index < -0.39 is 0 Å². The summed E-state index contributed by atoms with van der Waals surface area (Å²) in [6.07, 6.45) is 0. The van der Waals surface area contributed by atoms with Crippen LogP contribution in [-0.4, -0.2) is 19.5 Å². The van der Waals surface area contributed by atoms with Crippen LogP contribution in [-0.2, 0) is 0 Å². The van der Waals surface area contributed by atoms with Crippen molar-refractivity contribution in [2.45, 2.75) is 0 Å². The highest BCUT2D eigenvalue weighted by atomic mass is 15.0. The Hall–Kier alpha value is -8.73. The van der Waals surface area contributed by atoms with Crippen LogP contribution in [0.5, 0.6) is 0 Å². The first-order valence-electron chi connectivity index (χ1n) is 22.1. The molecule has 0 bridgehead atoms. The van der Waals surface area contributed by atoms with Crippen LogP contribution in [0.3, 0.4) is 0 Å². The summed E-state index contributed by atoms with van der Waals surface area (Å²) in [5.74, 6) is 1.88. The third-order valence-corrected chi connectivity index (χ3v) is 13.0. The Kier molecular flexibility index (Phi) is 8.50. The van der Waals surface area contributed by atoms with Crippen molar-refractivity contribution in [2.75, 3.05) is 0 Å². The smallest absolute Gasteiger partial charge is 0.164 e. The summed E-state index contributed by atoms with van der Waals surface area (Å²) < 4.78 is 2.47. The molecule has 302 valence electrons. The van der Waals surface area contributed by atoms with Crippen molar-refractivity contribution in [3.8, 4) is 62.1 Å². The minimum absolute atomic E-state index is 0.618. The molecule has 4 heteroatoms. The number of aromatic nitrogens is 4. The van der Waals surface area contributed by atoms with E-state index in [1.165, 1.54) is 48.8 Å². The molecule has 0 aliphatic carbocycles. The average Bonchev–Trinajstić information content (AvgIpc) is 3.70. The summed E-state index contributed by atoms with van der Waals surface area (Å²) in [4.78, 5) is 15.8. The summed E-state index contributed by atoms with van der Waals surface area (Å²) in [6.45, 7) is 0. The molecule has 0 saturated carbocycles. The molecule has 0 saturated heterocycles. The standard InChI is InChI=1S/C61H38N4/c1-3-14-39(15-4-1)44-23-13-24-45(34-44)48-28-30-51-53(36-48)52(61-63-59(42-18-5-2-6-19-42)62-60(64-61)49-27-26-40-16-7-8-20-43(40)35-49)31-33-55(51)65-56-32-29-41-17-11-12-25-50(41)58(56)54-37-46-21-9-10-22-47(46)38-57(54)65/h1-38H. The molecule has 0 N–H and O–H groups in total. The van der Waals surface area contributed by atoms with E-state index in [1.54, 1.807) is 0 Å². The van der Waals surface area contributed by atoms with E-state index in [9.17, 15) is 0 Å². The lowest BCUT2D eigenvalue weighted by molar-refractivity contribution is 1.08. The van der Waals surface area contributed by atoms with Crippen LogP contribution in [0, 0.1) is 0 Å². The minimum atomic E-state index is 0.618. The molecule has 65 heavy (non-hydrogen) atoms. The lowest BCUT2D eigenvalue weighted by atomic mass is 9.94. The number of hydrogen-bond donors (Lipinski definition) is 0. The fourth-order valence-electron chi connectivity index (χ4n) is 9.81. The van der Waals surface area contributed by atoms with Crippen molar-refractivity contribution in [1.29, 1.82) is 0 Å². The van der Waals surface area contributed by atoms with Crippen LogP contribution in [0.25, 0.3) is 127 Å². The molecule has 13 rings (SSSR count). The van der Waals surface area contributed by atoms with Gasteiger partial charge in [-0.25, -0.2) is 15.0 Å². The maximum Gasteiger partial charge on any atom is 0.164 e. The van der Waals surface area contributed by atoms with Gasteiger partial charge in [-0.2, -0.15) is 0 Å². The maximum absolute atomic E-state index is 5.34.